The molecule has 0 fully saturated rings. The van der Waals surface area contributed by atoms with E-state index in [0.29, 0.717) is 10.8 Å². The lowest BCUT2D eigenvalue weighted by Crippen LogP contribution is -2.26. The molecule has 3 N–H and O–H groups in total. The number of halogens is 1. The predicted octanol–water partition coefficient (Wildman–Crippen LogP) is 0.781. The Balaban J connectivity index is 2.62. The van der Waals surface area contributed by atoms with Gasteiger partial charge in [0.1, 0.15) is 5.82 Å². The number of aromatic nitrogens is 3. The minimum Gasteiger partial charge on any atom is -0.292 e. The highest BCUT2D eigenvalue weighted by atomic mass is 35.5. The molecule has 0 aliphatic rings. The van der Waals surface area contributed by atoms with Gasteiger partial charge in [-0.2, -0.15) is 9.97 Å². The maximum Gasteiger partial charge on any atom is 0.352 e. The molecule has 1 heterocycles. The molecule has 0 radical (unpaired) electrons. The molecule has 0 bridgehead atoms. The monoisotopic (exact) mass is 251 g/mol. The lowest BCUT2D eigenvalue weighted by molar-refractivity contribution is 0.785. The highest BCUT2D eigenvalue weighted by Gasteiger charge is 2.08. The Kier molecular flexibility index (Phi) is 3.08. The van der Waals surface area contributed by atoms with Crippen LogP contribution in [0.2, 0.25) is 5.02 Å². The number of benzene rings is 1. The van der Waals surface area contributed by atoms with Crippen LogP contribution >= 0.6 is 11.6 Å². The second-order valence-corrected chi connectivity index (χ2v) is 3.80. The van der Waals surface area contributed by atoms with Crippen LogP contribution in [0.25, 0.3) is 11.4 Å². The fourth-order valence-corrected chi connectivity index (χ4v) is 1.50. The van der Waals surface area contributed by atoms with E-state index in [-0.39, 0.29) is 5.95 Å². The van der Waals surface area contributed by atoms with Gasteiger partial charge in [0.2, 0.25) is 5.95 Å². The molecule has 0 spiro atoms. The first kappa shape index (κ1) is 11.6. The lowest BCUT2D eigenvalue weighted by atomic mass is 10.2. The number of hydrogen-bond donors (Lipinski definition) is 2. The quantitative estimate of drug-likeness (QED) is 0.609. The van der Waals surface area contributed by atoms with E-state index in [2.05, 4.69) is 15.4 Å². The van der Waals surface area contributed by atoms with Gasteiger partial charge in [-0.3, -0.25) is 9.99 Å². The Morgan fingerprint density at radius 3 is 2.53 bits per heavy atom. The number of nitrogens with two attached hydrogens (primary N) is 1. The third kappa shape index (κ3) is 2.27. The van der Waals surface area contributed by atoms with Crippen LogP contribution in [0.1, 0.15) is 0 Å². The summed E-state index contributed by atoms with van der Waals surface area (Å²) in [7, 11) is 1.59. The van der Waals surface area contributed by atoms with Gasteiger partial charge >= 0.3 is 5.69 Å². The van der Waals surface area contributed by atoms with Crippen molar-refractivity contribution in [2.24, 2.45) is 12.9 Å². The van der Waals surface area contributed by atoms with Crippen molar-refractivity contribution in [1.29, 1.82) is 0 Å². The third-order valence-corrected chi connectivity index (χ3v) is 2.50. The van der Waals surface area contributed by atoms with E-state index < -0.39 is 5.69 Å². The lowest BCUT2D eigenvalue weighted by Gasteiger charge is -2.08. The van der Waals surface area contributed by atoms with Gasteiger partial charge in [-0.15, -0.1) is 0 Å². The highest BCUT2D eigenvalue weighted by Crippen LogP contribution is 2.18. The first-order valence-corrected chi connectivity index (χ1v) is 5.17. The Labute approximate surface area is 102 Å². The van der Waals surface area contributed by atoms with Crippen molar-refractivity contribution in [3.8, 4) is 11.4 Å². The number of rotatable bonds is 2. The van der Waals surface area contributed by atoms with Crippen molar-refractivity contribution in [1.82, 2.24) is 14.5 Å². The minimum absolute atomic E-state index is 0.0815. The van der Waals surface area contributed by atoms with Gasteiger partial charge in [0.15, 0.2) is 0 Å². The van der Waals surface area contributed by atoms with Crippen molar-refractivity contribution in [2.45, 2.75) is 0 Å². The number of nitrogen functional groups attached to an aromatic ring is 1. The second-order valence-electron chi connectivity index (χ2n) is 3.36. The maximum absolute atomic E-state index is 11.6. The molecule has 0 atom stereocenters. The van der Waals surface area contributed by atoms with E-state index in [1.54, 1.807) is 31.3 Å². The largest absolute Gasteiger partial charge is 0.352 e. The molecule has 0 amide bonds. The molecule has 88 valence electrons. The van der Waals surface area contributed by atoms with Gasteiger partial charge in [-0.1, -0.05) is 11.6 Å². The normalized spacial score (nSPS) is 10.3. The number of hydrogen-bond acceptors (Lipinski definition) is 5. The van der Waals surface area contributed by atoms with Crippen molar-refractivity contribution < 1.29 is 0 Å². The zero-order valence-corrected chi connectivity index (χ0v) is 9.77. The minimum atomic E-state index is -0.432. The van der Waals surface area contributed by atoms with Gasteiger partial charge in [-0.05, 0) is 24.3 Å². The number of nitrogens with one attached hydrogen (secondary N) is 1. The molecule has 0 aliphatic heterocycles. The molecule has 1 aromatic carbocycles. The van der Waals surface area contributed by atoms with Gasteiger partial charge in [0.05, 0.1) is 0 Å². The van der Waals surface area contributed by atoms with Crippen LogP contribution in [0, 0.1) is 0 Å². The standard InChI is InChI=1S/C10H10ClN5O/c1-16-8(6-2-4-7(11)5-3-6)13-9(15-12)14-10(16)17/h2-5H,12H2,1H3,(H,14,15,17). The summed E-state index contributed by atoms with van der Waals surface area (Å²) in [4.78, 5) is 19.3. The zero-order valence-electron chi connectivity index (χ0n) is 9.01. The molecule has 0 unspecified atom stereocenters. The van der Waals surface area contributed by atoms with Crippen molar-refractivity contribution in [3.05, 3.63) is 39.8 Å². The van der Waals surface area contributed by atoms with E-state index >= 15 is 0 Å². The van der Waals surface area contributed by atoms with Gasteiger partial charge in [0.25, 0.3) is 0 Å². The molecule has 0 saturated carbocycles. The van der Waals surface area contributed by atoms with E-state index in [1.807, 2.05) is 0 Å². The molecule has 17 heavy (non-hydrogen) atoms. The van der Waals surface area contributed by atoms with Crippen LogP contribution in [0.4, 0.5) is 5.95 Å². The van der Waals surface area contributed by atoms with Crippen LogP contribution in [0.3, 0.4) is 0 Å². The molecular weight excluding hydrogens is 242 g/mol. The SMILES string of the molecule is Cn1c(-c2ccc(Cl)cc2)nc(NN)nc1=O. The summed E-state index contributed by atoms with van der Waals surface area (Å²) >= 11 is 5.80. The Hall–Kier alpha value is -1.92. The molecule has 7 heteroatoms. The third-order valence-electron chi connectivity index (χ3n) is 2.25. The highest BCUT2D eigenvalue weighted by molar-refractivity contribution is 6.30. The van der Waals surface area contributed by atoms with Crippen LogP contribution in [-0.4, -0.2) is 14.5 Å². The zero-order chi connectivity index (χ0) is 12.4. The van der Waals surface area contributed by atoms with Crippen molar-refractivity contribution >= 4 is 17.5 Å². The summed E-state index contributed by atoms with van der Waals surface area (Å²) in [5, 5.41) is 0.616. The van der Waals surface area contributed by atoms with Crippen LogP contribution in [-0.2, 0) is 7.05 Å². The average Bonchev–Trinajstić information content (AvgIpc) is 2.34. The smallest absolute Gasteiger partial charge is 0.292 e. The Bertz CT molecular complexity index is 593. The van der Waals surface area contributed by atoms with E-state index in [1.165, 1.54) is 4.57 Å². The molecule has 2 aromatic rings. The molecule has 0 saturated heterocycles. The molecular formula is C10H10ClN5O. The number of hydrazine groups is 1. The van der Waals surface area contributed by atoms with Crippen LogP contribution in [0.5, 0.6) is 0 Å². The summed E-state index contributed by atoms with van der Waals surface area (Å²) < 4.78 is 1.34. The van der Waals surface area contributed by atoms with Gasteiger partial charge in [-0.25, -0.2) is 10.6 Å². The maximum atomic E-state index is 11.6. The molecule has 6 nitrogen and oxygen atoms in total. The first-order valence-electron chi connectivity index (χ1n) is 4.79. The molecule has 1 aromatic heterocycles. The summed E-state index contributed by atoms with van der Waals surface area (Å²) in [6.45, 7) is 0. The summed E-state index contributed by atoms with van der Waals surface area (Å²) in [6, 6.07) is 6.98. The van der Waals surface area contributed by atoms with E-state index in [9.17, 15) is 4.79 Å². The van der Waals surface area contributed by atoms with Crippen LogP contribution < -0.4 is 17.0 Å². The fraction of sp³-hybridized carbons (Fsp3) is 0.100. The van der Waals surface area contributed by atoms with Gasteiger partial charge < -0.3 is 0 Å². The molecule has 0 aliphatic carbocycles. The van der Waals surface area contributed by atoms with E-state index in [4.69, 9.17) is 17.4 Å². The van der Waals surface area contributed by atoms with Crippen LogP contribution in [0.15, 0.2) is 29.1 Å². The number of nitrogens with zero attached hydrogens (tertiary/aromatic N) is 3. The summed E-state index contributed by atoms with van der Waals surface area (Å²) in [5.41, 5.74) is 2.58. The Morgan fingerprint density at radius 2 is 1.94 bits per heavy atom. The molecule has 2 rings (SSSR count). The average molecular weight is 252 g/mol. The summed E-state index contributed by atoms with van der Waals surface area (Å²) in [6.07, 6.45) is 0. The van der Waals surface area contributed by atoms with Gasteiger partial charge in [0, 0.05) is 17.6 Å². The number of anilines is 1. The van der Waals surface area contributed by atoms with Crippen molar-refractivity contribution in [3.63, 3.8) is 0 Å². The van der Waals surface area contributed by atoms with E-state index in [0.717, 1.165) is 5.56 Å². The van der Waals surface area contributed by atoms with Crippen molar-refractivity contribution in [2.75, 3.05) is 5.43 Å². The predicted molar refractivity (Wildman–Crippen MR) is 65.5 cm³/mol. The fourth-order valence-electron chi connectivity index (χ4n) is 1.38. The summed E-state index contributed by atoms with van der Waals surface area (Å²) in [5.74, 6) is 5.74. The second kappa shape index (κ2) is 4.52. The topological polar surface area (TPSA) is 85.8 Å². The Morgan fingerprint density at radius 1 is 1.29 bits per heavy atom. The first-order chi connectivity index (χ1) is 8.11.